The predicted octanol–water partition coefficient (Wildman–Crippen LogP) is 4.05. The highest BCUT2D eigenvalue weighted by Gasteiger charge is 2.09. The maximum absolute atomic E-state index is 12.1. The summed E-state index contributed by atoms with van der Waals surface area (Å²) in [6.07, 6.45) is 0. The van der Waals surface area contributed by atoms with Gasteiger partial charge in [-0.3, -0.25) is 4.79 Å². The Morgan fingerprint density at radius 1 is 1.13 bits per heavy atom. The number of rotatable bonds is 7. The zero-order chi connectivity index (χ0) is 16.7. The second kappa shape index (κ2) is 8.75. The van der Waals surface area contributed by atoms with Crippen molar-refractivity contribution < 1.29 is 9.53 Å². The summed E-state index contributed by atoms with van der Waals surface area (Å²) in [5, 5.41) is 2.91. The van der Waals surface area contributed by atoms with E-state index >= 15 is 0 Å². The Bertz CT molecular complexity index is 623. The number of thioether (sulfide) groups is 1. The van der Waals surface area contributed by atoms with E-state index < -0.39 is 0 Å². The Morgan fingerprint density at radius 3 is 2.39 bits per heavy atom. The molecule has 0 aliphatic carbocycles. The summed E-state index contributed by atoms with van der Waals surface area (Å²) in [5.74, 6) is 0.831. The highest BCUT2D eigenvalue weighted by atomic mass is 32.2. The third-order valence-electron chi connectivity index (χ3n) is 3.44. The molecule has 0 heterocycles. The average Bonchev–Trinajstić information content (AvgIpc) is 2.55. The summed E-state index contributed by atoms with van der Waals surface area (Å²) >= 11 is 1.80. The molecule has 0 saturated heterocycles. The molecule has 2 aromatic rings. The number of benzene rings is 2. The second-order valence-corrected chi connectivity index (χ2v) is 6.68. The van der Waals surface area contributed by atoms with Gasteiger partial charge >= 0.3 is 0 Å². The molecular formula is C19H23NO2S. The smallest absolute Gasteiger partial charge is 0.251 e. The molecule has 2 aromatic carbocycles. The van der Waals surface area contributed by atoms with Gasteiger partial charge in [-0.1, -0.05) is 29.8 Å². The summed E-state index contributed by atoms with van der Waals surface area (Å²) in [7, 11) is 1.63. The van der Waals surface area contributed by atoms with Crippen molar-refractivity contribution in [1.82, 2.24) is 5.32 Å². The van der Waals surface area contributed by atoms with E-state index in [9.17, 15) is 4.79 Å². The zero-order valence-corrected chi connectivity index (χ0v) is 14.7. The lowest BCUT2D eigenvalue weighted by Gasteiger charge is -2.12. The number of nitrogens with one attached hydrogen (secondary N) is 1. The number of hydrogen-bond donors (Lipinski definition) is 1. The first-order chi connectivity index (χ1) is 11.1. The largest absolute Gasteiger partial charge is 0.383 e. The van der Waals surface area contributed by atoms with Gasteiger partial charge in [0.25, 0.3) is 5.91 Å². The van der Waals surface area contributed by atoms with Crippen LogP contribution in [0.4, 0.5) is 0 Å². The number of hydrogen-bond acceptors (Lipinski definition) is 3. The van der Waals surface area contributed by atoms with Crippen LogP contribution in [0.2, 0.25) is 0 Å². The highest BCUT2D eigenvalue weighted by Crippen LogP contribution is 2.23. The first kappa shape index (κ1) is 17.6. The first-order valence-electron chi connectivity index (χ1n) is 7.66. The molecule has 3 nitrogen and oxygen atoms in total. The first-order valence-corrected chi connectivity index (χ1v) is 8.65. The van der Waals surface area contributed by atoms with Crippen molar-refractivity contribution in [2.75, 3.05) is 13.7 Å². The lowest BCUT2D eigenvalue weighted by atomic mass is 10.1. The Labute approximate surface area is 142 Å². The van der Waals surface area contributed by atoms with Crippen molar-refractivity contribution in [2.24, 2.45) is 0 Å². The van der Waals surface area contributed by atoms with Crippen LogP contribution in [0.25, 0.3) is 0 Å². The Kier molecular flexibility index (Phi) is 6.68. The summed E-state index contributed by atoms with van der Waals surface area (Å²) in [6.45, 7) is 4.52. The van der Waals surface area contributed by atoms with Crippen LogP contribution in [0.3, 0.4) is 0 Å². The van der Waals surface area contributed by atoms with Crippen LogP contribution in [0, 0.1) is 6.92 Å². The lowest BCUT2D eigenvalue weighted by Crippen LogP contribution is -2.35. The molecule has 0 aromatic heterocycles. The summed E-state index contributed by atoms with van der Waals surface area (Å²) in [5.41, 5.74) is 3.15. The van der Waals surface area contributed by atoms with Crippen LogP contribution >= 0.6 is 11.8 Å². The number of amides is 1. The average molecular weight is 329 g/mol. The fourth-order valence-corrected chi connectivity index (χ4v) is 3.01. The van der Waals surface area contributed by atoms with Crippen LogP contribution < -0.4 is 5.32 Å². The van der Waals surface area contributed by atoms with Gasteiger partial charge in [0.1, 0.15) is 0 Å². The Balaban J connectivity index is 1.88. The molecule has 1 amide bonds. The van der Waals surface area contributed by atoms with Crippen LogP contribution in [0.5, 0.6) is 0 Å². The van der Waals surface area contributed by atoms with E-state index in [0.29, 0.717) is 12.2 Å². The quantitative estimate of drug-likeness (QED) is 0.779. The lowest BCUT2D eigenvalue weighted by molar-refractivity contribution is 0.0905. The van der Waals surface area contributed by atoms with Gasteiger partial charge in [-0.2, -0.15) is 0 Å². The zero-order valence-electron chi connectivity index (χ0n) is 13.8. The minimum Gasteiger partial charge on any atom is -0.383 e. The van der Waals surface area contributed by atoms with Gasteiger partial charge in [-0.25, -0.2) is 0 Å². The Morgan fingerprint density at radius 2 is 1.78 bits per heavy atom. The van der Waals surface area contributed by atoms with E-state index in [4.69, 9.17) is 4.74 Å². The fraction of sp³-hybridized carbons (Fsp3) is 0.316. The maximum Gasteiger partial charge on any atom is 0.251 e. The number of ether oxygens (including phenoxy) is 1. The van der Waals surface area contributed by atoms with Crippen molar-refractivity contribution in [3.63, 3.8) is 0 Å². The van der Waals surface area contributed by atoms with Crippen LogP contribution in [0.15, 0.2) is 53.4 Å². The van der Waals surface area contributed by atoms with E-state index in [2.05, 4.69) is 36.5 Å². The fourth-order valence-electron chi connectivity index (χ4n) is 2.15. The predicted molar refractivity (Wildman–Crippen MR) is 96.0 cm³/mol. The molecule has 0 radical (unpaired) electrons. The van der Waals surface area contributed by atoms with Crippen molar-refractivity contribution in [3.8, 4) is 0 Å². The van der Waals surface area contributed by atoms with Gasteiger partial charge in [0.15, 0.2) is 0 Å². The van der Waals surface area contributed by atoms with Crippen molar-refractivity contribution in [2.45, 2.75) is 30.5 Å². The SMILES string of the molecule is COC[C@H](C)NC(=O)c1ccc(CSc2ccc(C)cc2)cc1. The number of carbonyl (C=O) groups is 1. The van der Waals surface area contributed by atoms with Gasteiger partial charge in [0.05, 0.1) is 6.61 Å². The number of carbonyl (C=O) groups excluding carboxylic acids is 1. The molecule has 0 fully saturated rings. The van der Waals surface area contributed by atoms with E-state index in [1.54, 1.807) is 18.9 Å². The van der Waals surface area contributed by atoms with Gasteiger partial charge < -0.3 is 10.1 Å². The number of methoxy groups -OCH3 is 1. The van der Waals surface area contributed by atoms with Gasteiger partial charge in [0, 0.05) is 29.4 Å². The Hall–Kier alpha value is -1.78. The third-order valence-corrected chi connectivity index (χ3v) is 4.52. The molecule has 0 unspecified atom stereocenters. The molecule has 1 N–H and O–H groups in total. The molecular weight excluding hydrogens is 306 g/mol. The summed E-state index contributed by atoms with van der Waals surface area (Å²) in [4.78, 5) is 13.3. The topological polar surface area (TPSA) is 38.3 Å². The van der Waals surface area contributed by atoms with Gasteiger partial charge in [-0.15, -0.1) is 11.8 Å². The van der Waals surface area contributed by atoms with E-state index in [1.807, 2.05) is 31.2 Å². The minimum absolute atomic E-state index is 0.00395. The molecule has 2 rings (SSSR count). The summed E-state index contributed by atoms with van der Waals surface area (Å²) < 4.78 is 5.02. The van der Waals surface area contributed by atoms with Gasteiger partial charge in [-0.05, 0) is 43.7 Å². The number of aryl methyl sites for hydroxylation is 1. The minimum atomic E-state index is -0.0627. The van der Waals surface area contributed by atoms with E-state index in [0.717, 1.165) is 5.75 Å². The third kappa shape index (κ3) is 5.73. The molecule has 0 bridgehead atoms. The van der Waals surface area contributed by atoms with Crippen LogP contribution in [-0.4, -0.2) is 25.7 Å². The molecule has 1 atom stereocenters. The molecule has 23 heavy (non-hydrogen) atoms. The monoisotopic (exact) mass is 329 g/mol. The molecule has 0 aliphatic heterocycles. The van der Waals surface area contributed by atoms with E-state index in [-0.39, 0.29) is 11.9 Å². The standard InChI is InChI=1S/C19H23NO2S/c1-14-4-10-18(11-5-14)23-13-16-6-8-17(9-7-16)19(21)20-15(2)12-22-3/h4-11,15H,12-13H2,1-3H3,(H,20,21)/t15-/m0/s1. The molecule has 122 valence electrons. The molecule has 0 aliphatic rings. The normalized spacial score (nSPS) is 12.0. The van der Waals surface area contributed by atoms with Crippen LogP contribution in [0.1, 0.15) is 28.4 Å². The van der Waals surface area contributed by atoms with Crippen molar-refractivity contribution >= 4 is 17.7 Å². The molecule has 4 heteroatoms. The highest BCUT2D eigenvalue weighted by molar-refractivity contribution is 7.98. The molecule has 0 saturated carbocycles. The molecule has 0 spiro atoms. The van der Waals surface area contributed by atoms with E-state index in [1.165, 1.54) is 16.0 Å². The summed E-state index contributed by atoms with van der Waals surface area (Å²) in [6, 6.07) is 16.3. The van der Waals surface area contributed by atoms with Crippen molar-refractivity contribution in [1.29, 1.82) is 0 Å². The second-order valence-electron chi connectivity index (χ2n) is 5.63. The van der Waals surface area contributed by atoms with Gasteiger partial charge in [0.2, 0.25) is 0 Å². The van der Waals surface area contributed by atoms with Crippen molar-refractivity contribution in [3.05, 3.63) is 65.2 Å². The van der Waals surface area contributed by atoms with Crippen LogP contribution in [-0.2, 0) is 10.5 Å². The maximum atomic E-state index is 12.1.